The molecule has 1 aliphatic heterocycles. The van der Waals surface area contributed by atoms with E-state index in [-0.39, 0.29) is 22.3 Å². The fourth-order valence-electron chi connectivity index (χ4n) is 4.22. The van der Waals surface area contributed by atoms with E-state index in [1.165, 1.54) is 16.2 Å². The van der Waals surface area contributed by atoms with Gasteiger partial charge in [0.05, 0.1) is 30.7 Å². The van der Waals surface area contributed by atoms with Gasteiger partial charge in [-0.25, -0.2) is 0 Å². The van der Waals surface area contributed by atoms with Crippen molar-refractivity contribution in [2.24, 2.45) is 5.92 Å². The number of ether oxygens (including phenoxy) is 2. The van der Waals surface area contributed by atoms with Gasteiger partial charge in [-0.3, -0.25) is 14.5 Å². The van der Waals surface area contributed by atoms with E-state index in [0.717, 1.165) is 6.42 Å². The molecule has 4 aromatic rings. The molecule has 2 aromatic heterocycles. The molecule has 1 unspecified atom stereocenters. The minimum Gasteiger partial charge on any atom is -0.493 e. The van der Waals surface area contributed by atoms with Crippen molar-refractivity contribution in [1.82, 2.24) is 10.2 Å². The molecule has 186 valence electrons. The van der Waals surface area contributed by atoms with Crippen molar-refractivity contribution in [3.8, 4) is 11.5 Å². The quantitative estimate of drug-likeness (QED) is 0.301. The summed E-state index contributed by atoms with van der Waals surface area (Å²) in [5, 5.41) is 10.0. The number of hydrogen-bond donors (Lipinski definition) is 0. The largest absolute Gasteiger partial charge is 0.493 e. The summed E-state index contributed by atoms with van der Waals surface area (Å²) in [6.07, 6.45) is 0.899. The van der Waals surface area contributed by atoms with Gasteiger partial charge in [0.2, 0.25) is 10.9 Å². The van der Waals surface area contributed by atoms with E-state index in [0.29, 0.717) is 50.1 Å². The summed E-state index contributed by atoms with van der Waals surface area (Å²) < 4.78 is 17.5. The Labute approximate surface area is 216 Å². The van der Waals surface area contributed by atoms with E-state index >= 15 is 0 Å². The maximum absolute atomic E-state index is 13.7. The van der Waals surface area contributed by atoms with Gasteiger partial charge in [-0.2, -0.15) is 0 Å². The standard InChI is InChI=1S/C26H24ClN3O5S/c1-13(2)9-10-34-19-7-5-15(11-20(19)33-4)22-21-23(31)17-12-16(27)6-8-18(17)35-24(21)25(32)30(22)26-29-28-14(3)36-26/h5-8,11-13,22H,9-10H2,1-4H3. The van der Waals surface area contributed by atoms with E-state index in [1.807, 2.05) is 6.07 Å². The van der Waals surface area contributed by atoms with Crippen molar-refractivity contribution in [3.05, 3.63) is 73.5 Å². The molecular formula is C26H24ClN3O5S. The monoisotopic (exact) mass is 525 g/mol. The summed E-state index contributed by atoms with van der Waals surface area (Å²) in [5.41, 5.74) is 0.832. The molecule has 36 heavy (non-hydrogen) atoms. The summed E-state index contributed by atoms with van der Waals surface area (Å²) in [4.78, 5) is 28.8. The van der Waals surface area contributed by atoms with E-state index in [1.54, 1.807) is 44.4 Å². The van der Waals surface area contributed by atoms with Gasteiger partial charge in [0.15, 0.2) is 16.9 Å². The van der Waals surface area contributed by atoms with E-state index in [9.17, 15) is 9.59 Å². The van der Waals surface area contributed by atoms with Crippen molar-refractivity contribution < 1.29 is 18.7 Å². The Kier molecular flexibility index (Phi) is 6.44. The second kappa shape index (κ2) is 9.55. The number of aromatic nitrogens is 2. The maximum atomic E-state index is 13.7. The van der Waals surface area contributed by atoms with Gasteiger partial charge in [0, 0.05) is 5.02 Å². The first-order valence-electron chi connectivity index (χ1n) is 11.5. The molecule has 8 nitrogen and oxygen atoms in total. The molecule has 2 aromatic carbocycles. The number of hydrogen-bond acceptors (Lipinski definition) is 8. The lowest BCUT2D eigenvalue weighted by molar-refractivity contribution is 0.0970. The molecule has 10 heteroatoms. The minimum atomic E-state index is -0.793. The smallest absolute Gasteiger partial charge is 0.297 e. The summed E-state index contributed by atoms with van der Waals surface area (Å²) in [7, 11) is 1.55. The number of amides is 1. The van der Waals surface area contributed by atoms with Gasteiger partial charge in [-0.05, 0) is 55.2 Å². The number of carbonyl (C=O) groups is 1. The number of aryl methyl sites for hydroxylation is 1. The Morgan fingerprint density at radius 2 is 1.94 bits per heavy atom. The third-order valence-corrected chi connectivity index (χ3v) is 7.08. The average molecular weight is 526 g/mol. The molecule has 3 heterocycles. The molecule has 0 radical (unpaired) electrons. The Balaban J connectivity index is 1.68. The zero-order valence-electron chi connectivity index (χ0n) is 20.2. The predicted octanol–water partition coefficient (Wildman–Crippen LogP) is 5.79. The van der Waals surface area contributed by atoms with Crippen LogP contribution >= 0.6 is 22.9 Å². The van der Waals surface area contributed by atoms with Crippen LogP contribution in [-0.4, -0.2) is 29.8 Å². The van der Waals surface area contributed by atoms with Crippen LogP contribution in [-0.2, 0) is 0 Å². The van der Waals surface area contributed by atoms with Crippen molar-refractivity contribution in [3.63, 3.8) is 0 Å². The van der Waals surface area contributed by atoms with Crippen LogP contribution < -0.4 is 19.8 Å². The van der Waals surface area contributed by atoms with Crippen LogP contribution in [0.1, 0.15) is 53.0 Å². The lowest BCUT2D eigenvalue weighted by atomic mass is 9.98. The Bertz CT molecular complexity index is 1530. The molecular weight excluding hydrogens is 502 g/mol. The van der Waals surface area contributed by atoms with Gasteiger partial charge < -0.3 is 13.9 Å². The maximum Gasteiger partial charge on any atom is 0.297 e. The molecule has 0 N–H and O–H groups in total. The normalized spacial score (nSPS) is 15.1. The summed E-state index contributed by atoms with van der Waals surface area (Å²) in [6, 6.07) is 9.35. The van der Waals surface area contributed by atoms with Crippen LogP contribution in [0.4, 0.5) is 5.13 Å². The number of halogens is 1. The molecule has 0 saturated carbocycles. The molecule has 1 aliphatic rings. The van der Waals surface area contributed by atoms with Crippen LogP contribution in [0, 0.1) is 12.8 Å². The van der Waals surface area contributed by atoms with Crippen molar-refractivity contribution in [1.29, 1.82) is 0 Å². The van der Waals surface area contributed by atoms with E-state index < -0.39 is 11.9 Å². The number of methoxy groups -OCH3 is 1. The van der Waals surface area contributed by atoms with Crippen molar-refractivity contribution in [2.75, 3.05) is 18.6 Å². The topological polar surface area (TPSA) is 94.8 Å². The molecule has 5 rings (SSSR count). The summed E-state index contributed by atoms with van der Waals surface area (Å²) >= 11 is 7.42. The molecule has 0 bridgehead atoms. The number of carbonyl (C=O) groups excluding carboxylic acids is 1. The molecule has 1 atom stereocenters. The SMILES string of the molecule is COc1cc(C2c3c(oc4ccc(Cl)cc4c3=O)C(=O)N2c2nnc(C)s2)ccc1OCCC(C)C. The number of fused-ring (bicyclic) bond motifs is 2. The summed E-state index contributed by atoms with van der Waals surface area (Å²) in [5.74, 6) is 1.10. The number of rotatable bonds is 7. The number of anilines is 1. The lowest BCUT2D eigenvalue weighted by Gasteiger charge is -2.23. The molecule has 0 spiro atoms. The Hall–Kier alpha value is -3.43. The Morgan fingerprint density at radius 3 is 2.64 bits per heavy atom. The third kappa shape index (κ3) is 4.22. The van der Waals surface area contributed by atoms with Crippen molar-refractivity contribution >= 4 is 44.9 Å². The number of nitrogens with zero attached hydrogens (tertiary/aromatic N) is 3. The van der Waals surface area contributed by atoms with E-state index in [2.05, 4.69) is 24.0 Å². The second-order valence-corrected chi connectivity index (χ2v) is 10.5. The van der Waals surface area contributed by atoms with E-state index in [4.69, 9.17) is 25.5 Å². The van der Waals surface area contributed by atoms with Crippen LogP contribution in [0.15, 0.2) is 45.6 Å². The zero-order chi connectivity index (χ0) is 25.6. The van der Waals surface area contributed by atoms with Crippen LogP contribution in [0.3, 0.4) is 0 Å². The lowest BCUT2D eigenvalue weighted by Crippen LogP contribution is -2.29. The first kappa shape index (κ1) is 24.3. The molecule has 0 fully saturated rings. The molecule has 1 amide bonds. The van der Waals surface area contributed by atoms with Gasteiger partial charge in [-0.15, -0.1) is 10.2 Å². The number of benzene rings is 2. The van der Waals surface area contributed by atoms with Gasteiger partial charge in [-0.1, -0.05) is 42.9 Å². The van der Waals surface area contributed by atoms with Gasteiger partial charge >= 0.3 is 0 Å². The Morgan fingerprint density at radius 1 is 1.14 bits per heavy atom. The highest BCUT2D eigenvalue weighted by atomic mass is 35.5. The first-order chi connectivity index (χ1) is 17.3. The minimum absolute atomic E-state index is 0.0242. The molecule has 0 aliphatic carbocycles. The highest BCUT2D eigenvalue weighted by molar-refractivity contribution is 7.15. The van der Waals surface area contributed by atoms with Gasteiger partial charge in [0.25, 0.3) is 5.91 Å². The average Bonchev–Trinajstić information content (AvgIpc) is 3.40. The van der Waals surface area contributed by atoms with Crippen LogP contribution in [0.25, 0.3) is 11.0 Å². The highest BCUT2D eigenvalue weighted by Gasteiger charge is 2.45. The fraction of sp³-hybridized carbons (Fsp3) is 0.308. The van der Waals surface area contributed by atoms with Crippen LogP contribution in [0.5, 0.6) is 11.5 Å². The fourth-order valence-corrected chi connectivity index (χ4v) is 5.11. The van der Waals surface area contributed by atoms with Crippen molar-refractivity contribution in [2.45, 2.75) is 33.2 Å². The molecule has 0 saturated heterocycles. The first-order valence-corrected chi connectivity index (χ1v) is 12.7. The summed E-state index contributed by atoms with van der Waals surface area (Å²) in [6.45, 7) is 6.61. The predicted molar refractivity (Wildman–Crippen MR) is 139 cm³/mol. The second-order valence-electron chi connectivity index (χ2n) is 8.94. The van der Waals surface area contributed by atoms with Crippen LogP contribution in [0.2, 0.25) is 5.02 Å². The van der Waals surface area contributed by atoms with Gasteiger partial charge in [0.1, 0.15) is 10.6 Å². The highest BCUT2D eigenvalue weighted by Crippen LogP contribution is 2.44. The third-order valence-electron chi connectivity index (χ3n) is 6.01. The zero-order valence-corrected chi connectivity index (χ0v) is 21.8.